The first-order valence-electron chi connectivity index (χ1n) is 3.71. The summed E-state index contributed by atoms with van der Waals surface area (Å²) in [6.07, 6.45) is 5.34. The summed E-state index contributed by atoms with van der Waals surface area (Å²) < 4.78 is 4.48. The van der Waals surface area contributed by atoms with Crippen LogP contribution in [0.15, 0.2) is 12.2 Å². The van der Waals surface area contributed by atoms with Gasteiger partial charge in [-0.1, -0.05) is 19.6 Å². The van der Waals surface area contributed by atoms with Gasteiger partial charge in [-0.15, -0.1) is 0 Å². The number of hydrogen-bond donors (Lipinski definition) is 0. The third-order valence-corrected chi connectivity index (χ3v) is 2.20. The Hall–Kier alpha value is -1.12. The first-order chi connectivity index (χ1) is 5.29. The molecule has 0 aromatic heterocycles. The van der Waals surface area contributed by atoms with Gasteiger partial charge in [0.25, 0.3) is 0 Å². The van der Waals surface area contributed by atoms with Crippen molar-refractivity contribution in [3.05, 3.63) is 12.2 Å². The topological polar surface area (TPSA) is 43.4 Å². The third-order valence-electron chi connectivity index (χ3n) is 2.20. The van der Waals surface area contributed by atoms with Gasteiger partial charge >= 0.3 is 11.9 Å². The fourth-order valence-electron chi connectivity index (χ4n) is 1.58. The summed E-state index contributed by atoms with van der Waals surface area (Å²) in [4.78, 5) is 21.9. The van der Waals surface area contributed by atoms with Gasteiger partial charge in [0, 0.05) is 0 Å². The molecule has 0 aromatic carbocycles. The molecule has 2 atom stereocenters. The van der Waals surface area contributed by atoms with E-state index in [-0.39, 0.29) is 31.2 Å². The van der Waals surface area contributed by atoms with E-state index in [4.69, 9.17) is 0 Å². The van der Waals surface area contributed by atoms with Crippen LogP contribution in [0.3, 0.4) is 0 Å². The molecule has 0 bridgehead atoms. The molecule has 0 spiro atoms. The van der Waals surface area contributed by atoms with Crippen LogP contribution in [0.5, 0.6) is 0 Å². The second-order valence-electron chi connectivity index (χ2n) is 2.88. The Balaban J connectivity index is 0.000000720. The van der Waals surface area contributed by atoms with Gasteiger partial charge in [0.1, 0.15) is 0 Å². The molecule has 1 saturated heterocycles. The lowest BCUT2D eigenvalue weighted by Crippen LogP contribution is -2.17. The molecular weight excluding hydrogens is 156 g/mol. The van der Waals surface area contributed by atoms with Crippen molar-refractivity contribution in [2.75, 3.05) is 0 Å². The highest BCUT2D eigenvalue weighted by Gasteiger charge is 2.43. The van der Waals surface area contributed by atoms with Crippen molar-refractivity contribution in [1.29, 1.82) is 0 Å². The van der Waals surface area contributed by atoms with Gasteiger partial charge in [0.15, 0.2) is 0 Å². The van der Waals surface area contributed by atoms with E-state index in [9.17, 15) is 9.59 Å². The maximum absolute atomic E-state index is 10.9. The molecule has 0 radical (unpaired) electrons. The predicted octanol–water partition coefficient (Wildman–Crippen LogP) is 1.29. The second-order valence-corrected chi connectivity index (χ2v) is 2.88. The van der Waals surface area contributed by atoms with E-state index in [0.29, 0.717) is 0 Å². The average Bonchev–Trinajstić information content (AvgIpc) is 2.30. The van der Waals surface area contributed by atoms with Gasteiger partial charge in [0.05, 0.1) is 11.8 Å². The van der Waals surface area contributed by atoms with Gasteiger partial charge in [-0.25, -0.2) is 0 Å². The summed E-state index contributed by atoms with van der Waals surface area (Å²) in [5.41, 5.74) is 0. The highest BCUT2D eigenvalue weighted by molar-refractivity contribution is 5.97. The van der Waals surface area contributed by atoms with Crippen LogP contribution in [-0.4, -0.2) is 11.9 Å². The molecule has 3 nitrogen and oxygen atoms in total. The SMILES string of the molecule is C.O=C1OC(=O)C2CCC=CC12. The van der Waals surface area contributed by atoms with Gasteiger partial charge in [0.2, 0.25) is 0 Å². The Morgan fingerprint density at radius 2 is 2.08 bits per heavy atom. The summed E-state index contributed by atoms with van der Waals surface area (Å²) in [7, 11) is 0. The quantitative estimate of drug-likeness (QED) is 0.311. The molecule has 66 valence electrons. The number of hydrogen-bond acceptors (Lipinski definition) is 3. The predicted molar refractivity (Wildman–Crippen MR) is 43.2 cm³/mol. The van der Waals surface area contributed by atoms with Gasteiger partial charge in [-0.2, -0.15) is 0 Å². The van der Waals surface area contributed by atoms with Gasteiger partial charge in [-0.05, 0) is 12.8 Å². The number of esters is 2. The number of rotatable bonds is 0. The number of fused-ring (bicyclic) bond motifs is 1. The zero-order valence-corrected chi connectivity index (χ0v) is 5.95. The molecule has 12 heavy (non-hydrogen) atoms. The van der Waals surface area contributed by atoms with Gasteiger partial charge in [-0.3, -0.25) is 9.59 Å². The summed E-state index contributed by atoms with van der Waals surface area (Å²) in [6.45, 7) is 0. The van der Waals surface area contributed by atoms with Crippen LogP contribution in [-0.2, 0) is 14.3 Å². The van der Waals surface area contributed by atoms with E-state index in [1.54, 1.807) is 6.08 Å². The van der Waals surface area contributed by atoms with E-state index < -0.39 is 0 Å². The lowest BCUT2D eigenvalue weighted by atomic mass is 9.86. The Morgan fingerprint density at radius 1 is 1.33 bits per heavy atom. The Labute approximate surface area is 71.4 Å². The minimum atomic E-state index is -0.379. The van der Waals surface area contributed by atoms with Crippen molar-refractivity contribution < 1.29 is 14.3 Å². The molecule has 2 aliphatic rings. The molecule has 1 aliphatic carbocycles. The molecule has 1 heterocycles. The van der Waals surface area contributed by atoms with E-state index >= 15 is 0 Å². The molecule has 0 amide bonds. The standard InChI is InChI=1S/C8H8O3.CH4/c9-7-5-3-1-2-4-6(5)8(10)11-7;/h1,3,5-6H,2,4H2;1H4. The first-order valence-corrected chi connectivity index (χ1v) is 3.71. The number of carbonyl (C=O) groups excluding carboxylic acids is 2. The molecule has 3 heteroatoms. The summed E-state index contributed by atoms with van der Waals surface area (Å²) in [5.74, 6) is -1.19. The Bertz CT molecular complexity index is 242. The number of carbonyl (C=O) groups is 2. The van der Waals surface area contributed by atoms with E-state index in [1.165, 1.54) is 0 Å². The normalized spacial score (nSPS) is 32.3. The number of allylic oxidation sites excluding steroid dienone is 1. The highest BCUT2D eigenvalue weighted by atomic mass is 16.6. The molecule has 0 saturated carbocycles. The van der Waals surface area contributed by atoms with Gasteiger partial charge < -0.3 is 4.74 Å². The van der Waals surface area contributed by atoms with Crippen LogP contribution in [0, 0.1) is 11.8 Å². The molecule has 2 rings (SSSR count). The van der Waals surface area contributed by atoms with Crippen molar-refractivity contribution in [3.63, 3.8) is 0 Å². The maximum atomic E-state index is 10.9. The summed E-state index contributed by atoms with van der Waals surface area (Å²) >= 11 is 0. The monoisotopic (exact) mass is 168 g/mol. The first kappa shape index (κ1) is 8.97. The molecule has 2 unspecified atom stereocenters. The fourth-order valence-corrected chi connectivity index (χ4v) is 1.58. The minimum Gasteiger partial charge on any atom is -0.392 e. The van der Waals surface area contributed by atoms with Crippen molar-refractivity contribution >= 4 is 11.9 Å². The number of cyclic esters (lactones) is 2. The van der Waals surface area contributed by atoms with Crippen LogP contribution >= 0.6 is 0 Å². The average molecular weight is 168 g/mol. The fraction of sp³-hybridized carbons (Fsp3) is 0.556. The molecule has 1 fully saturated rings. The largest absolute Gasteiger partial charge is 0.392 e. The van der Waals surface area contributed by atoms with E-state index in [0.717, 1.165) is 12.8 Å². The summed E-state index contributed by atoms with van der Waals surface area (Å²) in [5, 5.41) is 0. The summed E-state index contributed by atoms with van der Waals surface area (Å²) in [6, 6.07) is 0. The van der Waals surface area contributed by atoms with Crippen LogP contribution in [0.4, 0.5) is 0 Å². The lowest BCUT2D eigenvalue weighted by molar-refractivity contribution is -0.153. The van der Waals surface area contributed by atoms with Crippen molar-refractivity contribution in [3.8, 4) is 0 Å². The van der Waals surface area contributed by atoms with Crippen molar-refractivity contribution in [2.24, 2.45) is 11.8 Å². The zero-order valence-electron chi connectivity index (χ0n) is 5.95. The molecular formula is C9H12O3. The second kappa shape index (κ2) is 3.09. The van der Waals surface area contributed by atoms with Crippen molar-refractivity contribution in [2.45, 2.75) is 20.3 Å². The smallest absolute Gasteiger partial charge is 0.321 e. The van der Waals surface area contributed by atoms with Crippen molar-refractivity contribution in [1.82, 2.24) is 0 Å². The van der Waals surface area contributed by atoms with Crippen LogP contribution < -0.4 is 0 Å². The zero-order chi connectivity index (χ0) is 7.84. The Morgan fingerprint density at radius 3 is 2.75 bits per heavy atom. The highest BCUT2D eigenvalue weighted by Crippen LogP contribution is 2.32. The van der Waals surface area contributed by atoms with E-state index in [1.807, 2.05) is 6.08 Å². The minimum absolute atomic E-state index is 0. The van der Waals surface area contributed by atoms with Crippen LogP contribution in [0.25, 0.3) is 0 Å². The van der Waals surface area contributed by atoms with E-state index in [2.05, 4.69) is 4.74 Å². The third kappa shape index (κ3) is 1.15. The number of ether oxygens (including phenoxy) is 1. The van der Waals surface area contributed by atoms with Crippen LogP contribution in [0.2, 0.25) is 0 Å². The maximum Gasteiger partial charge on any atom is 0.321 e. The van der Waals surface area contributed by atoms with Crippen LogP contribution in [0.1, 0.15) is 20.3 Å². The Kier molecular flexibility index (Phi) is 2.31. The molecule has 0 N–H and O–H groups in total. The lowest BCUT2D eigenvalue weighted by Gasteiger charge is -2.12. The molecule has 1 aliphatic heterocycles. The molecule has 0 aromatic rings.